The molecule has 108 valence electrons. The fourth-order valence-electron chi connectivity index (χ4n) is 2.74. The van der Waals surface area contributed by atoms with Gasteiger partial charge in [0.2, 0.25) is 0 Å². The summed E-state index contributed by atoms with van der Waals surface area (Å²) in [7, 11) is 2.08. The molecule has 1 heterocycles. The van der Waals surface area contributed by atoms with Gasteiger partial charge >= 0.3 is 0 Å². The van der Waals surface area contributed by atoms with Crippen LogP contribution in [0, 0.1) is 13.8 Å². The molecule has 0 bridgehead atoms. The van der Waals surface area contributed by atoms with Crippen molar-refractivity contribution < 1.29 is 0 Å². The highest BCUT2D eigenvalue weighted by atomic mass is 15.1. The molecule has 3 aromatic rings. The number of nitrogens with one attached hydrogen (secondary N) is 1. The molecule has 1 unspecified atom stereocenters. The number of fused-ring (bicyclic) bond motifs is 1. The Bertz CT molecular complexity index is 786. The van der Waals surface area contributed by atoms with Crippen molar-refractivity contribution in [2.24, 2.45) is 7.05 Å². The van der Waals surface area contributed by atoms with Gasteiger partial charge in [0, 0.05) is 12.7 Å². The normalized spacial score (nSPS) is 12.6. The van der Waals surface area contributed by atoms with Crippen LogP contribution < -0.4 is 5.32 Å². The lowest BCUT2D eigenvalue weighted by Crippen LogP contribution is -2.12. The van der Waals surface area contributed by atoms with E-state index in [1.807, 2.05) is 6.07 Å². The molecular formula is C18H21N3. The van der Waals surface area contributed by atoms with E-state index in [2.05, 4.69) is 74.1 Å². The Balaban J connectivity index is 1.95. The van der Waals surface area contributed by atoms with Crippen molar-refractivity contribution in [2.75, 3.05) is 5.32 Å². The Morgan fingerprint density at radius 2 is 1.86 bits per heavy atom. The summed E-state index contributed by atoms with van der Waals surface area (Å²) < 4.78 is 2.16. The average molecular weight is 279 g/mol. The number of aromatic nitrogens is 2. The third-order valence-electron chi connectivity index (χ3n) is 3.97. The summed E-state index contributed by atoms with van der Waals surface area (Å²) in [6.45, 7) is 6.40. The molecule has 0 saturated carbocycles. The van der Waals surface area contributed by atoms with Crippen LogP contribution in [0.1, 0.15) is 29.9 Å². The Kier molecular flexibility index (Phi) is 3.42. The SMILES string of the molecule is Cc1ccc(C)c(NC(C)c2nc3ccccc3n2C)c1. The number of hydrogen-bond acceptors (Lipinski definition) is 2. The smallest absolute Gasteiger partial charge is 0.131 e. The van der Waals surface area contributed by atoms with Crippen LogP contribution >= 0.6 is 0 Å². The van der Waals surface area contributed by atoms with E-state index in [0.29, 0.717) is 0 Å². The highest BCUT2D eigenvalue weighted by Crippen LogP contribution is 2.25. The summed E-state index contributed by atoms with van der Waals surface area (Å²) in [5.41, 5.74) is 5.91. The van der Waals surface area contributed by atoms with E-state index in [0.717, 1.165) is 11.3 Å². The van der Waals surface area contributed by atoms with Gasteiger partial charge in [0.15, 0.2) is 0 Å². The number of benzene rings is 2. The molecule has 0 spiro atoms. The maximum Gasteiger partial charge on any atom is 0.131 e. The molecule has 3 rings (SSSR count). The van der Waals surface area contributed by atoms with Crippen LogP contribution in [0.5, 0.6) is 0 Å². The first-order valence-electron chi connectivity index (χ1n) is 7.31. The topological polar surface area (TPSA) is 29.9 Å². The summed E-state index contributed by atoms with van der Waals surface area (Å²) in [5, 5.41) is 3.59. The molecule has 1 aromatic heterocycles. The number of rotatable bonds is 3. The Morgan fingerprint density at radius 3 is 2.62 bits per heavy atom. The van der Waals surface area contributed by atoms with Crippen molar-refractivity contribution in [3.05, 3.63) is 59.4 Å². The van der Waals surface area contributed by atoms with E-state index in [1.165, 1.54) is 22.3 Å². The van der Waals surface area contributed by atoms with Gasteiger partial charge in [0.1, 0.15) is 5.82 Å². The summed E-state index contributed by atoms with van der Waals surface area (Å²) in [5.74, 6) is 1.05. The fourth-order valence-corrected chi connectivity index (χ4v) is 2.74. The standard InChI is InChI=1S/C18H21N3/c1-12-9-10-13(2)16(11-12)19-14(3)18-20-15-7-5-6-8-17(15)21(18)4/h5-11,14,19H,1-4H3. The van der Waals surface area contributed by atoms with Gasteiger partial charge in [0.05, 0.1) is 17.1 Å². The van der Waals surface area contributed by atoms with Gasteiger partial charge in [-0.05, 0) is 50.1 Å². The predicted molar refractivity (Wildman–Crippen MR) is 88.7 cm³/mol. The molecule has 1 N–H and O–H groups in total. The minimum Gasteiger partial charge on any atom is -0.375 e. The fraction of sp³-hybridized carbons (Fsp3) is 0.278. The predicted octanol–water partition coefficient (Wildman–Crippen LogP) is 4.36. The zero-order valence-corrected chi connectivity index (χ0v) is 13.0. The zero-order valence-electron chi connectivity index (χ0n) is 13.0. The maximum absolute atomic E-state index is 4.76. The van der Waals surface area contributed by atoms with Gasteiger partial charge in [-0.25, -0.2) is 4.98 Å². The minimum atomic E-state index is 0.155. The van der Waals surface area contributed by atoms with E-state index in [4.69, 9.17) is 4.98 Å². The number of anilines is 1. The van der Waals surface area contributed by atoms with Crippen LogP contribution in [0.3, 0.4) is 0 Å². The first-order chi connectivity index (χ1) is 10.1. The maximum atomic E-state index is 4.76. The van der Waals surface area contributed by atoms with Crippen LogP contribution in [0.2, 0.25) is 0 Å². The summed E-state index contributed by atoms with van der Waals surface area (Å²) in [6.07, 6.45) is 0. The lowest BCUT2D eigenvalue weighted by Gasteiger charge is -2.17. The largest absolute Gasteiger partial charge is 0.375 e. The Morgan fingerprint density at radius 1 is 1.10 bits per heavy atom. The molecule has 0 aliphatic heterocycles. The molecule has 0 fully saturated rings. The number of nitrogens with zero attached hydrogens (tertiary/aromatic N) is 2. The molecule has 2 aromatic carbocycles. The van der Waals surface area contributed by atoms with E-state index in [9.17, 15) is 0 Å². The molecule has 0 amide bonds. The average Bonchev–Trinajstić information content (AvgIpc) is 2.81. The van der Waals surface area contributed by atoms with Gasteiger partial charge < -0.3 is 9.88 Å². The number of aryl methyl sites for hydroxylation is 3. The van der Waals surface area contributed by atoms with Crippen molar-refractivity contribution in [1.82, 2.24) is 9.55 Å². The molecule has 0 saturated heterocycles. The van der Waals surface area contributed by atoms with Crippen molar-refractivity contribution in [2.45, 2.75) is 26.8 Å². The monoisotopic (exact) mass is 279 g/mol. The third-order valence-corrected chi connectivity index (χ3v) is 3.97. The van der Waals surface area contributed by atoms with Crippen LogP contribution in [0.15, 0.2) is 42.5 Å². The molecule has 0 radical (unpaired) electrons. The Hall–Kier alpha value is -2.29. The number of hydrogen-bond donors (Lipinski definition) is 1. The first-order valence-corrected chi connectivity index (χ1v) is 7.31. The van der Waals surface area contributed by atoms with Crippen molar-refractivity contribution in [1.29, 1.82) is 0 Å². The van der Waals surface area contributed by atoms with Crippen LogP contribution in [0.4, 0.5) is 5.69 Å². The van der Waals surface area contributed by atoms with E-state index >= 15 is 0 Å². The number of para-hydroxylation sites is 2. The summed E-state index contributed by atoms with van der Waals surface area (Å²) >= 11 is 0. The molecular weight excluding hydrogens is 258 g/mol. The number of imidazole rings is 1. The quantitative estimate of drug-likeness (QED) is 0.772. The Labute approximate surface area is 125 Å². The molecule has 0 aliphatic carbocycles. The minimum absolute atomic E-state index is 0.155. The van der Waals surface area contributed by atoms with Gasteiger partial charge in [-0.1, -0.05) is 24.3 Å². The summed E-state index contributed by atoms with van der Waals surface area (Å²) in [4.78, 5) is 4.76. The van der Waals surface area contributed by atoms with Crippen LogP contribution in [-0.2, 0) is 7.05 Å². The zero-order chi connectivity index (χ0) is 15.0. The second-order valence-corrected chi connectivity index (χ2v) is 5.70. The van der Waals surface area contributed by atoms with Crippen molar-refractivity contribution >= 4 is 16.7 Å². The second-order valence-electron chi connectivity index (χ2n) is 5.70. The molecule has 1 atom stereocenters. The van der Waals surface area contributed by atoms with Gasteiger partial charge in [-0.3, -0.25) is 0 Å². The first kappa shape index (κ1) is 13.7. The van der Waals surface area contributed by atoms with E-state index < -0.39 is 0 Å². The van der Waals surface area contributed by atoms with Gasteiger partial charge in [-0.15, -0.1) is 0 Å². The molecule has 21 heavy (non-hydrogen) atoms. The highest BCUT2D eigenvalue weighted by Gasteiger charge is 2.14. The molecule has 0 aliphatic rings. The molecule has 3 heteroatoms. The molecule has 3 nitrogen and oxygen atoms in total. The highest BCUT2D eigenvalue weighted by molar-refractivity contribution is 5.76. The summed E-state index contributed by atoms with van der Waals surface area (Å²) in [6, 6.07) is 14.9. The lowest BCUT2D eigenvalue weighted by molar-refractivity contribution is 0.733. The van der Waals surface area contributed by atoms with E-state index in [1.54, 1.807) is 0 Å². The second kappa shape index (κ2) is 5.24. The third kappa shape index (κ3) is 2.51. The van der Waals surface area contributed by atoms with Crippen LogP contribution in [0.25, 0.3) is 11.0 Å². The van der Waals surface area contributed by atoms with Gasteiger partial charge in [0.25, 0.3) is 0 Å². The van der Waals surface area contributed by atoms with Crippen LogP contribution in [-0.4, -0.2) is 9.55 Å². The van der Waals surface area contributed by atoms with E-state index in [-0.39, 0.29) is 6.04 Å². The van der Waals surface area contributed by atoms with Crippen molar-refractivity contribution in [3.63, 3.8) is 0 Å². The lowest BCUT2D eigenvalue weighted by atomic mass is 10.1. The van der Waals surface area contributed by atoms with Gasteiger partial charge in [-0.2, -0.15) is 0 Å². The van der Waals surface area contributed by atoms with Crippen molar-refractivity contribution in [3.8, 4) is 0 Å².